The third kappa shape index (κ3) is 2.49. The molecule has 2 nitrogen and oxygen atoms in total. The van der Waals surface area contributed by atoms with Crippen molar-refractivity contribution in [3.63, 3.8) is 0 Å². The number of benzene rings is 1. The summed E-state index contributed by atoms with van der Waals surface area (Å²) < 4.78 is 12.7. The lowest BCUT2D eigenvalue weighted by Crippen LogP contribution is -1.93. The number of hydrogen-bond donors (Lipinski definition) is 1. The zero-order chi connectivity index (χ0) is 9.68. The molecule has 0 saturated heterocycles. The highest BCUT2D eigenvalue weighted by Crippen LogP contribution is 2.10. The maximum atomic E-state index is 12.7. The van der Waals surface area contributed by atoms with E-state index in [4.69, 9.17) is 5.73 Å². The van der Waals surface area contributed by atoms with Gasteiger partial charge >= 0.3 is 0 Å². The topological polar surface area (TPSA) is 43.1 Å². The van der Waals surface area contributed by atoms with Crippen LogP contribution in [0.4, 0.5) is 4.39 Å². The molecular formula is C10H10FNO. The van der Waals surface area contributed by atoms with Gasteiger partial charge in [0.1, 0.15) is 5.82 Å². The molecule has 0 aliphatic carbocycles. The highest BCUT2D eigenvalue weighted by molar-refractivity contribution is 5.81. The van der Waals surface area contributed by atoms with Crippen LogP contribution >= 0.6 is 0 Å². The fourth-order valence-electron chi connectivity index (χ4n) is 0.992. The average Bonchev–Trinajstić information content (AvgIpc) is 2.15. The lowest BCUT2D eigenvalue weighted by Gasteiger charge is -1.97. The number of aldehydes is 1. The zero-order valence-corrected chi connectivity index (χ0v) is 7.03. The lowest BCUT2D eigenvalue weighted by molar-refractivity contribution is 0.112. The van der Waals surface area contributed by atoms with Crippen LogP contribution in [-0.2, 0) is 0 Å². The molecule has 68 valence electrons. The summed E-state index contributed by atoms with van der Waals surface area (Å²) in [6.45, 7) is 0.370. The molecule has 2 N–H and O–H groups in total. The number of nitrogens with two attached hydrogens (primary N) is 1. The Kier molecular flexibility index (Phi) is 3.34. The second kappa shape index (κ2) is 4.52. The summed E-state index contributed by atoms with van der Waals surface area (Å²) in [5.41, 5.74) is 6.26. The first-order valence-corrected chi connectivity index (χ1v) is 3.89. The number of carbonyl (C=O) groups excluding carboxylic acids is 1. The van der Waals surface area contributed by atoms with Gasteiger partial charge in [-0.05, 0) is 23.8 Å². The maximum absolute atomic E-state index is 12.7. The summed E-state index contributed by atoms with van der Waals surface area (Å²) in [4.78, 5) is 10.5. The standard InChI is InChI=1S/C10H10FNO/c11-10-4-3-9(7-13)8(6-10)2-1-5-12/h1-4,6-7H,5,12H2/b2-1+. The van der Waals surface area contributed by atoms with E-state index in [0.717, 1.165) is 0 Å². The summed E-state index contributed by atoms with van der Waals surface area (Å²) in [6, 6.07) is 4.00. The largest absolute Gasteiger partial charge is 0.327 e. The molecule has 0 amide bonds. The minimum Gasteiger partial charge on any atom is -0.327 e. The Labute approximate surface area is 75.9 Å². The van der Waals surface area contributed by atoms with Crippen LogP contribution in [0.25, 0.3) is 6.08 Å². The molecule has 0 heterocycles. The van der Waals surface area contributed by atoms with E-state index in [1.54, 1.807) is 12.2 Å². The van der Waals surface area contributed by atoms with Crippen molar-refractivity contribution in [2.75, 3.05) is 6.54 Å². The predicted octanol–water partition coefficient (Wildman–Crippen LogP) is 1.61. The minimum atomic E-state index is -0.359. The Bertz CT molecular complexity index is 334. The number of hydrogen-bond acceptors (Lipinski definition) is 2. The van der Waals surface area contributed by atoms with E-state index in [1.165, 1.54) is 18.2 Å². The Morgan fingerprint density at radius 3 is 2.77 bits per heavy atom. The molecule has 3 heteroatoms. The Morgan fingerprint density at radius 2 is 2.15 bits per heavy atom. The lowest BCUT2D eigenvalue weighted by atomic mass is 10.1. The van der Waals surface area contributed by atoms with Crippen molar-refractivity contribution in [3.05, 3.63) is 41.2 Å². The maximum Gasteiger partial charge on any atom is 0.150 e. The number of carbonyl (C=O) groups is 1. The molecule has 0 aliphatic rings. The molecule has 0 unspecified atom stereocenters. The second-order valence-electron chi connectivity index (χ2n) is 2.53. The molecule has 1 aromatic carbocycles. The van der Waals surface area contributed by atoms with Gasteiger partial charge < -0.3 is 5.73 Å². The summed E-state index contributed by atoms with van der Waals surface area (Å²) in [5.74, 6) is -0.359. The first-order valence-electron chi connectivity index (χ1n) is 3.89. The number of halogens is 1. The quantitative estimate of drug-likeness (QED) is 0.716. The van der Waals surface area contributed by atoms with Crippen molar-refractivity contribution >= 4 is 12.4 Å². The van der Waals surface area contributed by atoms with Gasteiger partial charge in [0.2, 0.25) is 0 Å². The van der Waals surface area contributed by atoms with Crippen LogP contribution in [0, 0.1) is 5.82 Å². The van der Waals surface area contributed by atoms with Crippen LogP contribution in [0.2, 0.25) is 0 Å². The van der Waals surface area contributed by atoms with Gasteiger partial charge in [0.05, 0.1) is 0 Å². The summed E-state index contributed by atoms with van der Waals surface area (Å²) >= 11 is 0. The molecule has 13 heavy (non-hydrogen) atoms. The van der Waals surface area contributed by atoms with E-state index < -0.39 is 0 Å². The first kappa shape index (κ1) is 9.61. The van der Waals surface area contributed by atoms with Gasteiger partial charge in [-0.2, -0.15) is 0 Å². The second-order valence-corrected chi connectivity index (χ2v) is 2.53. The highest BCUT2D eigenvalue weighted by Gasteiger charge is 1.98. The zero-order valence-electron chi connectivity index (χ0n) is 7.03. The van der Waals surface area contributed by atoms with E-state index >= 15 is 0 Å². The summed E-state index contributed by atoms with van der Waals surface area (Å²) in [7, 11) is 0. The monoisotopic (exact) mass is 179 g/mol. The molecule has 0 aliphatic heterocycles. The molecule has 0 bridgehead atoms. The minimum absolute atomic E-state index is 0.359. The molecule has 0 aromatic heterocycles. The summed E-state index contributed by atoms with van der Waals surface area (Å²) in [5, 5.41) is 0. The van der Waals surface area contributed by atoms with Gasteiger partial charge in [-0.25, -0.2) is 4.39 Å². The Morgan fingerprint density at radius 1 is 1.38 bits per heavy atom. The molecule has 0 spiro atoms. The van der Waals surface area contributed by atoms with Gasteiger partial charge in [-0.1, -0.05) is 12.2 Å². The SMILES string of the molecule is NC/C=C/c1cc(F)ccc1C=O. The van der Waals surface area contributed by atoms with Crippen molar-refractivity contribution in [3.8, 4) is 0 Å². The Hall–Kier alpha value is -1.48. The molecule has 0 fully saturated rings. The third-order valence-corrected chi connectivity index (χ3v) is 1.61. The molecule has 0 radical (unpaired) electrons. The van der Waals surface area contributed by atoms with Crippen molar-refractivity contribution in [1.29, 1.82) is 0 Å². The van der Waals surface area contributed by atoms with Gasteiger partial charge in [0.15, 0.2) is 6.29 Å². The van der Waals surface area contributed by atoms with Crippen molar-refractivity contribution in [1.82, 2.24) is 0 Å². The van der Waals surface area contributed by atoms with Gasteiger partial charge in [0.25, 0.3) is 0 Å². The van der Waals surface area contributed by atoms with Crippen LogP contribution in [0.5, 0.6) is 0 Å². The van der Waals surface area contributed by atoms with Crippen molar-refractivity contribution in [2.45, 2.75) is 0 Å². The first-order chi connectivity index (χ1) is 6.27. The molecule has 0 saturated carbocycles. The fourth-order valence-corrected chi connectivity index (χ4v) is 0.992. The third-order valence-electron chi connectivity index (χ3n) is 1.61. The average molecular weight is 179 g/mol. The van der Waals surface area contributed by atoms with Gasteiger partial charge in [-0.3, -0.25) is 4.79 Å². The molecular weight excluding hydrogens is 169 g/mol. The molecule has 1 rings (SSSR count). The molecule has 1 aromatic rings. The van der Waals surface area contributed by atoms with Crippen LogP contribution < -0.4 is 5.73 Å². The predicted molar refractivity (Wildman–Crippen MR) is 49.9 cm³/mol. The van der Waals surface area contributed by atoms with Gasteiger partial charge in [-0.15, -0.1) is 0 Å². The van der Waals surface area contributed by atoms with E-state index in [1.807, 2.05) is 0 Å². The number of rotatable bonds is 3. The highest BCUT2D eigenvalue weighted by atomic mass is 19.1. The van der Waals surface area contributed by atoms with Crippen LogP contribution in [0.15, 0.2) is 24.3 Å². The van der Waals surface area contributed by atoms with Crippen molar-refractivity contribution in [2.24, 2.45) is 5.73 Å². The van der Waals surface area contributed by atoms with E-state index in [-0.39, 0.29) is 5.82 Å². The summed E-state index contributed by atoms with van der Waals surface area (Å²) in [6.07, 6.45) is 3.99. The van der Waals surface area contributed by atoms with Crippen LogP contribution in [-0.4, -0.2) is 12.8 Å². The van der Waals surface area contributed by atoms with Gasteiger partial charge in [0, 0.05) is 12.1 Å². The fraction of sp³-hybridized carbons (Fsp3) is 0.100. The van der Waals surface area contributed by atoms with E-state index in [2.05, 4.69) is 0 Å². The Balaban J connectivity index is 3.08. The van der Waals surface area contributed by atoms with Crippen LogP contribution in [0.3, 0.4) is 0 Å². The van der Waals surface area contributed by atoms with Crippen LogP contribution in [0.1, 0.15) is 15.9 Å². The normalized spacial score (nSPS) is 10.6. The van der Waals surface area contributed by atoms with E-state index in [9.17, 15) is 9.18 Å². The molecule has 0 atom stereocenters. The smallest absolute Gasteiger partial charge is 0.150 e. The van der Waals surface area contributed by atoms with E-state index in [0.29, 0.717) is 24.0 Å². The van der Waals surface area contributed by atoms with Crippen molar-refractivity contribution < 1.29 is 9.18 Å².